The third-order valence-electron chi connectivity index (χ3n) is 2.57. The second kappa shape index (κ2) is 5.09. The summed E-state index contributed by atoms with van der Waals surface area (Å²) in [6, 6.07) is 5.51. The maximum absolute atomic E-state index is 13.4. The minimum atomic E-state index is -1.17. The summed E-state index contributed by atoms with van der Waals surface area (Å²) in [4.78, 5) is 10.7. The van der Waals surface area contributed by atoms with Crippen LogP contribution in [0.4, 0.5) is 14.5 Å². The number of nitrogens with one attached hydrogen (secondary N) is 1. The Balaban J connectivity index is 2.15. The van der Waals surface area contributed by atoms with Gasteiger partial charge in [0.1, 0.15) is 17.4 Å². The quantitative estimate of drug-likeness (QED) is 0.890. The molecular weight excluding hydrogens is 256 g/mol. The lowest BCUT2D eigenvalue weighted by atomic mass is 10.2. The molecule has 4 nitrogen and oxygen atoms in total. The molecule has 1 unspecified atom stereocenters. The summed E-state index contributed by atoms with van der Waals surface area (Å²) in [7, 11) is 0. The molecule has 1 heterocycles. The van der Waals surface area contributed by atoms with E-state index >= 15 is 0 Å². The molecule has 0 aliphatic heterocycles. The van der Waals surface area contributed by atoms with Crippen molar-refractivity contribution in [3.8, 4) is 0 Å². The van der Waals surface area contributed by atoms with Crippen molar-refractivity contribution in [1.82, 2.24) is 0 Å². The Morgan fingerprint density at radius 2 is 2.05 bits per heavy atom. The van der Waals surface area contributed by atoms with Gasteiger partial charge >= 0.3 is 5.97 Å². The van der Waals surface area contributed by atoms with E-state index in [2.05, 4.69) is 5.32 Å². The molecule has 1 aromatic heterocycles. The third-order valence-corrected chi connectivity index (χ3v) is 2.57. The number of carbonyl (C=O) groups is 1. The maximum Gasteiger partial charge on any atom is 0.371 e. The minimum absolute atomic E-state index is 0.113. The van der Waals surface area contributed by atoms with Crippen LogP contribution in [0.2, 0.25) is 0 Å². The second-order valence-corrected chi connectivity index (χ2v) is 4.00. The Kier molecular flexibility index (Phi) is 3.50. The molecule has 0 radical (unpaired) electrons. The number of aromatic carboxylic acids is 1. The summed E-state index contributed by atoms with van der Waals surface area (Å²) >= 11 is 0. The third kappa shape index (κ3) is 2.90. The van der Waals surface area contributed by atoms with E-state index in [0.29, 0.717) is 5.76 Å². The molecule has 100 valence electrons. The van der Waals surface area contributed by atoms with E-state index in [4.69, 9.17) is 9.52 Å². The first kappa shape index (κ1) is 13.1. The van der Waals surface area contributed by atoms with Crippen molar-refractivity contribution in [3.63, 3.8) is 0 Å². The van der Waals surface area contributed by atoms with Crippen molar-refractivity contribution in [2.75, 3.05) is 5.32 Å². The lowest BCUT2D eigenvalue weighted by Gasteiger charge is -2.13. The predicted molar refractivity (Wildman–Crippen MR) is 64.1 cm³/mol. The Bertz CT molecular complexity index is 610. The van der Waals surface area contributed by atoms with Crippen LogP contribution < -0.4 is 5.32 Å². The largest absolute Gasteiger partial charge is 0.475 e. The summed E-state index contributed by atoms with van der Waals surface area (Å²) in [5.41, 5.74) is 0.113. The molecule has 0 saturated heterocycles. The molecule has 19 heavy (non-hydrogen) atoms. The SMILES string of the molecule is CC(Nc1ccc(F)cc1F)c1ccc(C(=O)O)o1. The van der Waals surface area contributed by atoms with Crippen LogP contribution in [-0.4, -0.2) is 11.1 Å². The van der Waals surface area contributed by atoms with E-state index in [9.17, 15) is 13.6 Å². The topological polar surface area (TPSA) is 62.5 Å². The van der Waals surface area contributed by atoms with Crippen molar-refractivity contribution in [2.45, 2.75) is 13.0 Å². The highest BCUT2D eigenvalue weighted by Crippen LogP contribution is 2.23. The first-order valence-corrected chi connectivity index (χ1v) is 5.52. The van der Waals surface area contributed by atoms with Gasteiger partial charge in [0.25, 0.3) is 0 Å². The number of carboxylic acids is 1. The van der Waals surface area contributed by atoms with Gasteiger partial charge in [-0.2, -0.15) is 0 Å². The van der Waals surface area contributed by atoms with Crippen LogP contribution in [0.3, 0.4) is 0 Å². The number of anilines is 1. The van der Waals surface area contributed by atoms with Crippen molar-refractivity contribution in [3.05, 3.63) is 53.5 Å². The fourth-order valence-electron chi connectivity index (χ4n) is 1.61. The first-order chi connectivity index (χ1) is 8.97. The van der Waals surface area contributed by atoms with Crippen LogP contribution in [-0.2, 0) is 0 Å². The van der Waals surface area contributed by atoms with Gasteiger partial charge in [0.15, 0.2) is 0 Å². The molecule has 2 rings (SSSR count). The number of hydrogen-bond donors (Lipinski definition) is 2. The van der Waals surface area contributed by atoms with Crippen LogP contribution in [0.5, 0.6) is 0 Å². The van der Waals surface area contributed by atoms with Crippen molar-refractivity contribution < 1.29 is 23.1 Å². The highest BCUT2D eigenvalue weighted by molar-refractivity contribution is 5.84. The van der Waals surface area contributed by atoms with Crippen molar-refractivity contribution >= 4 is 11.7 Å². The molecule has 0 bridgehead atoms. The summed E-state index contributed by atoms with van der Waals surface area (Å²) in [5.74, 6) is -2.41. The zero-order valence-electron chi connectivity index (χ0n) is 9.98. The molecule has 0 aliphatic rings. The van der Waals surface area contributed by atoms with Gasteiger partial charge in [-0.1, -0.05) is 0 Å². The Hall–Kier alpha value is -2.37. The molecule has 1 atom stereocenters. The van der Waals surface area contributed by atoms with Gasteiger partial charge < -0.3 is 14.8 Å². The molecule has 0 aliphatic carbocycles. The molecule has 0 amide bonds. The smallest absolute Gasteiger partial charge is 0.371 e. The van der Waals surface area contributed by atoms with Crippen LogP contribution in [0.25, 0.3) is 0 Å². The molecule has 2 N–H and O–H groups in total. The Labute approximate surface area is 107 Å². The van der Waals surface area contributed by atoms with E-state index < -0.39 is 23.6 Å². The molecule has 1 aromatic carbocycles. The normalized spacial score (nSPS) is 12.2. The molecule has 0 spiro atoms. The van der Waals surface area contributed by atoms with E-state index in [1.165, 1.54) is 18.2 Å². The van der Waals surface area contributed by atoms with E-state index in [1.54, 1.807) is 6.92 Å². The standard InChI is InChI=1S/C13H11F2NO3/c1-7(11-4-5-12(19-11)13(17)18)16-10-3-2-8(14)6-9(10)15/h2-7,16H,1H3,(H,17,18). The molecule has 0 saturated carbocycles. The highest BCUT2D eigenvalue weighted by Gasteiger charge is 2.15. The van der Waals surface area contributed by atoms with E-state index in [-0.39, 0.29) is 11.4 Å². The Morgan fingerprint density at radius 3 is 2.63 bits per heavy atom. The average molecular weight is 267 g/mol. The van der Waals surface area contributed by atoms with Gasteiger partial charge in [0.2, 0.25) is 5.76 Å². The van der Waals surface area contributed by atoms with Crippen LogP contribution in [0.15, 0.2) is 34.7 Å². The van der Waals surface area contributed by atoms with Gasteiger partial charge in [-0.3, -0.25) is 0 Å². The van der Waals surface area contributed by atoms with Crippen molar-refractivity contribution in [1.29, 1.82) is 0 Å². The fraction of sp³-hybridized carbons (Fsp3) is 0.154. The lowest BCUT2D eigenvalue weighted by molar-refractivity contribution is 0.0660. The average Bonchev–Trinajstić information content (AvgIpc) is 2.82. The van der Waals surface area contributed by atoms with Gasteiger partial charge in [0, 0.05) is 6.07 Å². The predicted octanol–water partition coefficient (Wildman–Crippen LogP) is 3.43. The highest BCUT2D eigenvalue weighted by atomic mass is 19.1. The minimum Gasteiger partial charge on any atom is -0.475 e. The molecular formula is C13H11F2NO3. The monoisotopic (exact) mass is 267 g/mol. The summed E-state index contributed by atoms with van der Waals surface area (Å²) < 4.78 is 31.3. The number of rotatable bonds is 4. The second-order valence-electron chi connectivity index (χ2n) is 4.00. The van der Waals surface area contributed by atoms with E-state index in [0.717, 1.165) is 12.1 Å². The Morgan fingerprint density at radius 1 is 1.32 bits per heavy atom. The van der Waals surface area contributed by atoms with Gasteiger partial charge in [0.05, 0.1) is 11.7 Å². The van der Waals surface area contributed by atoms with E-state index in [1.807, 2.05) is 0 Å². The van der Waals surface area contributed by atoms with Gasteiger partial charge in [-0.25, -0.2) is 13.6 Å². The zero-order valence-corrected chi connectivity index (χ0v) is 9.98. The number of furan rings is 1. The van der Waals surface area contributed by atoms with Gasteiger partial charge in [-0.05, 0) is 31.2 Å². The van der Waals surface area contributed by atoms with Crippen LogP contribution in [0.1, 0.15) is 29.3 Å². The zero-order chi connectivity index (χ0) is 14.0. The number of halogens is 2. The number of carboxylic acid groups (broad SMARTS) is 1. The summed E-state index contributed by atoms with van der Waals surface area (Å²) in [6.45, 7) is 1.67. The van der Waals surface area contributed by atoms with Crippen molar-refractivity contribution in [2.24, 2.45) is 0 Å². The molecule has 6 heteroatoms. The van der Waals surface area contributed by atoms with Crippen LogP contribution >= 0.6 is 0 Å². The summed E-state index contributed by atoms with van der Waals surface area (Å²) in [5, 5.41) is 11.5. The summed E-state index contributed by atoms with van der Waals surface area (Å²) in [6.07, 6.45) is 0. The maximum atomic E-state index is 13.4. The molecule has 2 aromatic rings. The van der Waals surface area contributed by atoms with Gasteiger partial charge in [-0.15, -0.1) is 0 Å². The van der Waals surface area contributed by atoms with Crippen LogP contribution in [0, 0.1) is 11.6 Å². The number of benzene rings is 1. The first-order valence-electron chi connectivity index (χ1n) is 5.52. The number of hydrogen-bond acceptors (Lipinski definition) is 3. The fourth-order valence-corrected chi connectivity index (χ4v) is 1.61. The lowest BCUT2D eigenvalue weighted by Crippen LogP contribution is -2.07. The molecule has 0 fully saturated rings.